The smallest absolute Gasteiger partial charge is 0.354 e. The SMILES string of the molecule is CCC(C)(CC)c1nc(C(=O)O)cc(=O)[nH]1. The molecular weight excluding hydrogens is 208 g/mol. The van der Waals surface area contributed by atoms with E-state index in [9.17, 15) is 9.59 Å². The normalized spacial score (nSPS) is 11.4. The fraction of sp³-hybridized carbons (Fsp3) is 0.545. The third-order valence-corrected chi connectivity index (χ3v) is 3.09. The van der Waals surface area contributed by atoms with Crippen molar-refractivity contribution in [1.29, 1.82) is 0 Å². The van der Waals surface area contributed by atoms with Crippen LogP contribution in [-0.4, -0.2) is 21.0 Å². The van der Waals surface area contributed by atoms with E-state index in [4.69, 9.17) is 5.11 Å². The van der Waals surface area contributed by atoms with Crippen LogP contribution in [0.15, 0.2) is 10.9 Å². The number of hydrogen-bond donors (Lipinski definition) is 2. The minimum Gasteiger partial charge on any atom is -0.477 e. The summed E-state index contributed by atoms with van der Waals surface area (Å²) in [6.07, 6.45) is 1.57. The predicted octanol–water partition coefficient (Wildman–Crippen LogP) is 1.55. The molecule has 1 heterocycles. The van der Waals surface area contributed by atoms with Gasteiger partial charge >= 0.3 is 5.97 Å². The van der Waals surface area contributed by atoms with E-state index in [-0.39, 0.29) is 11.1 Å². The van der Waals surface area contributed by atoms with E-state index in [0.29, 0.717) is 5.82 Å². The molecule has 0 saturated carbocycles. The van der Waals surface area contributed by atoms with Gasteiger partial charge in [-0.25, -0.2) is 9.78 Å². The minimum atomic E-state index is -1.18. The molecule has 0 saturated heterocycles. The first kappa shape index (κ1) is 12.4. The summed E-state index contributed by atoms with van der Waals surface area (Å²) < 4.78 is 0. The zero-order valence-corrected chi connectivity index (χ0v) is 9.70. The molecule has 0 aliphatic rings. The maximum absolute atomic E-state index is 11.3. The van der Waals surface area contributed by atoms with Crippen LogP contribution in [0.4, 0.5) is 0 Å². The third kappa shape index (κ3) is 2.29. The van der Waals surface area contributed by atoms with Crippen LogP contribution in [-0.2, 0) is 5.41 Å². The zero-order valence-electron chi connectivity index (χ0n) is 9.70. The molecule has 0 fully saturated rings. The van der Waals surface area contributed by atoms with Crippen LogP contribution in [0.5, 0.6) is 0 Å². The van der Waals surface area contributed by atoms with Gasteiger partial charge < -0.3 is 10.1 Å². The number of carbonyl (C=O) groups is 1. The van der Waals surface area contributed by atoms with Gasteiger partial charge in [-0.1, -0.05) is 20.8 Å². The first-order valence-electron chi connectivity index (χ1n) is 5.28. The number of H-pyrrole nitrogens is 1. The molecule has 5 heteroatoms. The van der Waals surface area contributed by atoms with Crippen molar-refractivity contribution in [2.45, 2.75) is 39.0 Å². The van der Waals surface area contributed by atoms with Gasteiger partial charge in [0.05, 0.1) is 0 Å². The monoisotopic (exact) mass is 224 g/mol. The quantitative estimate of drug-likeness (QED) is 0.812. The number of hydrogen-bond acceptors (Lipinski definition) is 3. The van der Waals surface area contributed by atoms with Crippen molar-refractivity contribution in [1.82, 2.24) is 9.97 Å². The van der Waals surface area contributed by atoms with Crippen molar-refractivity contribution in [2.24, 2.45) is 0 Å². The van der Waals surface area contributed by atoms with Gasteiger partial charge in [0.25, 0.3) is 5.56 Å². The molecule has 2 N–H and O–H groups in total. The minimum absolute atomic E-state index is 0.202. The van der Waals surface area contributed by atoms with Crippen LogP contribution in [0.3, 0.4) is 0 Å². The molecule has 0 unspecified atom stereocenters. The van der Waals surface area contributed by atoms with Crippen molar-refractivity contribution in [3.63, 3.8) is 0 Å². The van der Waals surface area contributed by atoms with E-state index >= 15 is 0 Å². The van der Waals surface area contributed by atoms with E-state index in [1.165, 1.54) is 0 Å². The molecule has 16 heavy (non-hydrogen) atoms. The molecule has 88 valence electrons. The molecule has 0 bridgehead atoms. The van der Waals surface area contributed by atoms with Gasteiger partial charge in [0.15, 0.2) is 5.69 Å². The number of aromatic nitrogens is 2. The van der Waals surface area contributed by atoms with Crippen LogP contribution in [0.1, 0.15) is 49.9 Å². The van der Waals surface area contributed by atoms with Crippen LogP contribution in [0.2, 0.25) is 0 Å². The van der Waals surface area contributed by atoms with E-state index in [1.54, 1.807) is 0 Å². The molecule has 1 aromatic rings. The summed E-state index contributed by atoms with van der Waals surface area (Å²) in [6.45, 7) is 5.92. The van der Waals surface area contributed by atoms with Crippen LogP contribution in [0.25, 0.3) is 0 Å². The third-order valence-electron chi connectivity index (χ3n) is 3.09. The van der Waals surface area contributed by atoms with Gasteiger partial charge in [-0.3, -0.25) is 4.79 Å². The number of carboxylic acid groups (broad SMARTS) is 1. The van der Waals surface area contributed by atoms with Crippen LogP contribution < -0.4 is 5.56 Å². The highest BCUT2D eigenvalue weighted by Crippen LogP contribution is 2.27. The highest BCUT2D eigenvalue weighted by molar-refractivity contribution is 5.85. The summed E-state index contributed by atoms with van der Waals surface area (Å²) in [7, 11) is 0. The Kier molecular flexibility index (Phi) is 3.47. The Hall–Kier alpha value is -1.65. The lowest BCUT2D eigenvalue weighted by Gasteiger charge is -2.25. The highest BCUT2D eigenvalue weighted by Gasteiger charge is 2.26. The molecule has 0 aromatic carbocycles. The fourth-order valence-corrected chi connectivity index (χ4v) is 1.44. The summed E-state index contributed by atoms with van der Waals surface area (Å²) in [6, 6.07) is 0.998. The molecule has 0 spiro atoms. The highest BCUT2D eigenvalue weighted by atomic mass is 16.4. The largest absolute Gasteiger partial charge is 0.477 e. The first-order valence-corrected chi connectivity index (χ1v) is 5.28. The van der Waals surface area contributed by atoms with Crippen molar-refractivity contribution >= 4 is 5.97 Å². The maximum Gasteiger partial charge on any atom is 0.354 e. The van der Waals surface area contributed by atoms with Crippen molar-refractivity contribution in [3.8, 4) is 0 Å². The second-order valence-electron chi connectivity index (χ2n) is 4.05. The maximum atomic E-state index is 11.3. The number of aromatic amines is 1. The number of nitrogens with one attached hydrogen (secondary N) is 1. The molecule has 0 aliphatic carbocycles. The van der Waals surface area contributed by atoms with Crippen molar-refractivity contribution < 1.29 is 9.90 Å². The molecule has 1 rings (SSSR count). The Balaban J connectivity index is 3.34. The second-order valence-corrected chi connectivity index (χ2v) is 4.05. The summed E-state index contributed by atoms with van der Waals surface area (Å²) in [5.74, 6) is -0.732. The molecule has 1 aromatic heterocycles. The zero-order chi connectivity index (χ0) is 12.3. The summed E-state index contributed by atoms with van der Waals surface area (Å²) >= 11 is 0. The molecule has 5 nitrogen and oxygen atoms in total. The molecular formula is C11H16N2O3. The fourth-order valence-electron chi connectivity index (χ4n) is 1.44. The van der Waals surface area contributed by atoms with Gasteiger partial charge in [0, 0.05) is 11.5 Å². The Morgan fingerprint density at radius 1 is 1.50 bits per heavy atom. The first-order chi connectivity index (χ1) is 7.42. The van der Waals surface area contributed by atoms with E-state index in [0.717, 1.165) is 18.9 Å². The molecule has 0 amide bonds. The lowest BCUT2D eigenvalue weighted by atomic mass is 9.84. The predicted molar refractivity (Wildman–Crippen MR) is 59.8 cm³/mol. The Bertz CT molecular complexity index is 447. The number of aromatic carboxylic acids is 1. The Morgan fingerprint density at radius 2 is 2.06 bits per heavy atom. The van der Waals surface area contributed by atoms with Crippen LogP contribution >= 0.6 is 0 Å². The average molecular weight is 224 g/mol. The Morgan fingerprint density at radius 3 is 2.50 bits per heavy atom. The van der Waals surface area contributed by atoms with Gasteiger partial charge in [-0.2, -0.15) is 0 Å². The van der Waals surface area contributed by atoms with Crippen LogP contribution in [0, 0.1) is 0 Å². The summed E-state index contributed by atoms with van der Waals surface area (Å²) in [5, 5.41) is 8.83. The van der Waals surface area contributed by atoms with Gasteiger partial charge in [0.1, 0.15) is 5.82 Å². The number of nitrogens with zero attached hydrogens (tertiary/aromatic N) is 1. The standard InChI is InChI=1S/C11H16N2O3/c1-4-11(3,5-2)10-12-7(9(15)16)6-8(14)13-10/h6H,4-5H2,1-3H3,(H,15,16)(H,12,13,14). The lowest BCUT2D eigenvalue weighted by molar-refractivity contribution is 0.0689. The molecule has 0 aliphatic heterocycles. The topological polar surface area (TPSA) is 83.0 Å². The van der Waals surface area contributed by atoms with E-state index < -0.39 is 11.5 Å². The van der Waals surface area contributed by atoms with Gasteiger partial charge in [-0.05, 0) is 12.8 Å². The average Bonchev–Trinajstić information content (AvgIpc) is 2.27. The van der Waals surface area contributed by atoms with E-state index in [2.05, 4.69) is 9.97 Å². The van der Waals surface area contributed by atoms with Gasteiger partial charge in [0.2, 0.25) is 0 Å². The second kappa shape index (κ2) is 4.47. The summed E-state index contributed by atoms with van der Waals surface area (Å²) in [4.78, 5) is 28.7. The molecule has 0 atom stereocenters. The summed E-state index contributed by atoms with van der Waals surface area (Å²) in [5.41, 5.74) is -0.910. The van der Waals surface area contributed by atoms with Crippen molar-refractivity contribution in [2.75, 3.05) is 0 Å². The van der Waals surface area contributed by atoms with E-state index in [1.807, 2.05) is 20.8 Å². The Labute approximate surface area is 93.5 Å². The number of rotatable bonds is 4. The lowest BCUT2D eigenvalue weighted by Crippen LogP contribution is -2.28. The van der Waals surface area contributed by atoms with Crippen molar-refractivity contribution in [3.05, 3.63) is 27.9 Å². The molecule has 0 radical (unpaired) electrons. The number of carboxylic acids is 1. The van der Waals surface area contributed by atoms with Gasteiger partial charge in [-0.15, -0.1) is 0 Å².